The molecular weight excluding hydrogens is 1080 g/mol. The van der Waals surface area contributed by atoms with Crippen LogP contribution < -0.4 is 47.7 Å². The van der Waals surface area contributed by atoms with Crippen molar-refractivity contribution in [1.82, 2.24) is 0 Å². The molecule has 0 bridgehead atoms. The molecule has 0 nitrogen and oxygen atoms in total. The fraction of sp³-hybridized carbons (Fsp3) is 0. The van der Waals surface area contributed by atoms with Gasteiger partial charge in [0.1, 0.15) is 0 Å². The number of rotatable bonds is 9. The van der Waals surface area contributed by atoms with Crippen molar-refractivity contribution in [2.24, 2.45) is 0 Å². The molecule has 61 heavy (non-hydrogen) atoms. The minimum Gasteiger partial charge on any atom is -0.0622 e. The van der Waals surface area contributed by atoms with Gasteiger partial charge in [0.25, 0.3) is 0 Å². The zero-order valence-corrected chi connectivity index (χ0v) is 42.5. The van der Waals surface area contributed by atoms with Crippen molar-refractivity contribution in [3.63, 3.8) is 0 Å². The molecule has 7 heteroatoms. The van der Waals surface area contributed by atoms with Crippen LogP contribution in [0.25, 0.3) is 0 Å². The molecule has 305 valence electrons. The molecule has 0 saturated heterocycles. The third-order valence-electron chi connectivity index (χ3n) is 9.13. The molecule has 9 aromatic carbocycles. The van der Waals surface area contributed by atoms with E-state index >= 15 is 0 Å². The minimum absolute atomic E-state index is 0.446. The summed E-state index contributed by atoms with van der Waals surface area (Å²) in [6, 6.07) is 97.0. The largest absolute Gasteiger partial charge is 0.0622 e. The summed E-state index contributed by atoms with van der Waals surface area (Å²) in [5, 5.41) is 12.6. The van der Waals surface area contributed by atoms with E-state index in [0.717, 1.165) is 0 Å². The van der Waals surface area contributed by atoms with Crippen LogP contribution in [0.5, 0.6) is 0 Å². The van der Waals surface area contributed by atoms with Crippen molar-refractivity contribution in [1.29, 1.82) is 0 Å². The molecule has 0 fully saturated rings. The fourth-order valence-electron chi connectivity index (χ4n) is 6.54. The minimum atomic E-state index is -0.732. The maximum Gasteiger partial charge on any atom is -0.0134 e. The smallest absolute Gasteiger partial charge is 0.0134 e. The van der Waals surface area contributed by atoms with E-state index in [1.807, 2.05) is 0 Å². The Balaban J connectivity index is 0.000000146. The molecule has 0 radical (unpaired) electrons. The van der Waals surface area contributed by atoms with Crippen LogP contribution in [0.1, 0.15) is 0 Å². The number of hydrogen-bond acceptors (Lipinski definition) is 0. The third kappa shape index (κ3) is 15.3. The molecule has 9 rings (SSSR count). The van der Waals surface area contributed by atoms with E-state index < -0.39 is 33.8 Å². The molecule has 0 N–H and O–H groups in total. The van der Waals surface area contributed by atoms with E-state index in [1.165, 1.54) is 47.7 Å². The van der Waals surface area contributed by atoms with Gasteiger partial charge in [0.2, 0.25) is 0 Å². The molecule has 9 aromatic rings. The first kappa shape index (κ1) is 46.8. The molecule has 0 aliphatic carbocycles. The first-order valence-electron chi connectivity index (χ1n) is 19.6. The van der Waals surface area contributed by atoms with Crippen LogP contribution in [0.15, 0.2) is 273 Å². The second kappa shape index (κ2) is 26.7. The summed E-state index contributed by atoms with van der Waals surface area (Å²) in [5.41, 5.74) is 0. The van der Waals surface area contributed by atoms with Crippen LogP contribution in [0.4, 0.5) is 0 Å². The van der Waals surface area contributed by atoms with Crippen LogP contribution in [0.3, 0.4) is 0 Å². The first-order valence-corrected chi connectivity index (χ1v) is 35.6. The van der Waals surface area contributed by atoms with Gasteiger partial charge in [-0.3, -0.25) is 0 Å². The molecule has 0 saturated carbocycles. The molecule has 0 aliphatic heterocycles. The van der Waals surface area contributed by atoms with E-state index in [-0.39, 0.29) is 0 Å². The molecule has 0 aliphatic rings. The third-order valence-corrected chi connectivity index (χ3v) is 16.5. The van der Waals surface area contributed by atoms with Crippen LogP contribution in [0.2, 0.25) is 0 Å². The molecule has 0 heterocycles. The van der Waals surface area contributed by atoms with E-state index in [2.05, 4.69) is 314 Å². The van der Waals surface area contributed by atoms with Gasteiger partial charge in [0.05, 0.1) is 0 Å². The molecule has 0 unspecified atom stereocenters. The van der Waals surface area contributed by atoms with E-state index in [0.29, 0.717) is 0 Å². The van der Waals surface area contributed by atoms with Crippen LogP contribution in [0, 0.1) is 0 Å². The summed E-state index contributed by atoms with van der Waals surface area (Å²) >= 11 is 9.74. The van der Waals surface area contributed by atoms with Crippen molar-refractivity contribution in [2.75, 3.05) is 0 Å². The zero-order valence-electron chi connectivity index (χ0n) is 33.3. The molecule has 0 amide bonds. The Morgan fingerprint density at radius 3 is 0.344 bits per heavy atom. The number of benzene rings is 9. The molecule has 0 atom stereocenters. The second-order valence-corrected chi connectivity index (χ2v) is 43.9. The van der Waals surface area contributed by atoms with Crippen molar-refractivity contribution in [2.45, 2.75) is 0 Å². The maximum atomic E-state index is 3.25. The summed E-state index contributed by atoms with van der Waals surface area (Å²) in [6.45, 7) is 0. The van der Waals surface area contributed by atoms with Gasteiger partial charge in [0, 0.05) is 0 Å². The normalized spacial score (nSPS) is 10.6. The van der Waals surface area contributed by atoms with Crippen molar-refractivity contribution in [3.8, 4) is 0 Å². The van der Waals surface area contributed by atoms with E-state index in [1.54, 1.807) is 0 Å². The number of hydrogen-bond donors (Lipinski definition) is 0. The Morgan fingerprint density at radius 1 is 0.180 bits per heavy atom. The first-order chi connectivity index (χ1) is 30.1. The summed E-state index contributed by atoms with van der Waals surface area (Å²) in [5.74, 6) is 0. The summed E-state index contributed by atoms with van der Waals surface area (Å²) in [7, 11) is -2.07. The Hall–Kier alpha value is -3.67. The Morgan fingerprint density at radius 2 is 0.262 bits per heavy atom. The van der Waals surface area contributed by atoms with Crippen molar-refractivity contribution >= 4 is 112 Å². The van der Waals surface area contributed by atoms with Gasteiger partial charge in [-0.2, -0.15) is 0 Å². The average molecular weight is 1130 g/mol. The van der Waals surface area contributed by atoms with Gasteiger partial charge in [-0.1, -0.05) is 273 Å². The quantitative estimate of drug-likeness (QED) is 0.0998. The Bertz CT molecular complexity index is 1930. The predicted molar refractivity (Wildman–Crippen MR) is 282 cm³/mol. The molecule has 0 spiro atoms. The summed E-state index contributed by atoms with van der Waals surface area (Å²) < 4.78 is 0. The summed E-state index contributed by atoms with van der Waals surface area (Å²) in [6.07, 6.45) is 0. The predicted octanol–water partition coefficient (Wildman–Crippen LogP) is 12.9. The average Bonchev–Trinajstić information content (AvgIpc) is 3.33. The Labute approximate surface area is 391 Å². The van der Waals surface area contributed by atoms with Gasteiger partial charge in [0.15, 0.2) is 0 Å². The maximum absolute atomic E-state index is 3.25. The van der Waals surface area contributed by atoms with Crippen LogP contribution >= 0.6 is 64.6 Å². The van der Waals surface area contributed by atoms with Crippen molar-refractivity contribution < 1.29 is 10.1 Å². The topological polar surface area (TPSA) is 0 Å². The van der Waals surface area contributed by atoms with Gasteiger partial charge < -0.3 is 0 Å². The molecular formula is C54H45Br3P3Ru. The van der Waals surface area contributed by atoms with E-state index in [9.17, 15) is 0 Å². The summed E-state index contributed by atoms with van der Waals surface area (Å²) in [4.78, 5) is 0. The Kier molecular flexibility index (Phi) is 20.5. The monoisotopic (exact) mass is 1120 g/mol. The zero-order chi connectivity index (χ0) is 42.3. The van der Waals surface area contributed by atoms with Crippen molar-refractivity contribution in [3.05, 3.63) is 273 Å². The standard InChI is InChI=1S/3C18H15P.3BrH.Ru/c3*1-4-10-16(11-5-1)19(17-12-6-2-7-13-17)18-14-8-3-9-15-18;;;;/h3*1-15H;3*1H;/q;;;;;;+3/p-3. The van der Waals surface area contributed by atoms with Gasteiger partial charge >= 0.3 is 50.9 Å². The second-order valence-electron chi connectivity index (χ2n) is 13.2. The number of halogens is 3. The fourth-order valence-corrected chi connectivity index (χ4v) is 13.5. The SMILES string of the molecule is [Br][Ru]([Br])[Br].c1ccc(P(c2ccccc2)c2ccccc2)cc1.c1ccc(P(c2ccccc2)c2ccccc2)cc1.c1ccc(P(c2ccccc2)c2ccccc2)cc1. The van der Waals surface area contributed by atoms with Gasteiger partial charge in [-0.25, -0.2) is 0 Å². The molecule has 0 aromatic heterocycles. The van der Waals surface area contributed by atoms with Gasteiger partial charge in [-0.05, 0) is 71.5 Å². The van der Waals surface area contributed by atoms with Crippen LogP contribution in [-0.4, -0.2) is 0 Å². The van der Waals surface area contributed by atoms with E-state index in [4.69, 9.17) is 0 Å². The van der Waals surface area contributed by atoms with Crippen LogP contribution in [-0.2, 0) is 10.1 Å². The van der Waals surface area contributed by atoms with Gasteiger partial charge in [-0.15, -0.1) is 0 Å².